The van der Waals surface area contributed by atoms with Crippen molar-refractivity contribution < 1.29 is 23.4 Å². The number of aliphatic hydroxyl groups excluding tert-OH is 1. The van der Waals surface area contributed by atoms with E-state index in [0.29, 0.717) is 29.8 Å². The third-order valence-corrected chi connectivity index (χ3v) is 16.5. The lowest BCUT2D eigenvalue weighted by Crippen LogP contribution is -2.63. The smallest absolute Gasteiger partial charge is 0.192 e. The van der Waals surface area contributed by atoms with Crippen LogP contribution in [-0.2, 0) is 13.9 Å². The van der Waals surface area contributed by atoms with E-state index in [0.717, 1.165) is 44.1 Å². The minimum Gasteiger partial charge on any atom is -0.414 e. The molecule has 5 rings (SSSR count). The van der Waals surface area contributed by atoms with Crippen LogP contribution < -0.4 is 0 Å². The fourth-order valence-electron chi connectivity index (χ4n) is 9.20. The maximum Gasteiger partial charge on any atom is 0.192 e. The van der Waals surface area contributed by atoms with E-state index in [4.69, 9.17) is 13.9 Å². The maximum absolute atomic E-state index is 14.8. The molecule has 0 spiro atoms. The summed E-state index contributed by atoms with van der Waals surface area (Å²) in [6.45, 7) is 20.2. The number of hydrogen-bond acceptors (Lipinski definition) is 4. The van der Waals surface area contributed by atoms with Crippen molar-refractivity contribution >= 4 is 8.32 Å². The van der Waals surface area contributed by atoms with Crippen LogP contribution in [0.25, 0.3) is 0 Å². The highest BCUT2D eigenvalue weighted by molar-refractivity contribution is 6.74. The van der Waals surface area contributed by atoms with Gasteiger partial charge in [0.1, 0.15) is 5.83 Å². The molecule has 0 aromatic rings. The molecule has 1 heterocycles. The molecule has 36 heavy (non-hydrogen) atoms. The molecule has 5 fully saturated rings. The quantitative estimate of drug-likeness (QED) is 0.393. The van der Waals surface area contributed by atoms with Gasteiger partial charge in [-0.05, 0) is 117 Å². The summed E-state index contributed by atoms with van der Waals surface area (Å²) in [6, 6.07) is 0. The maximum atomic E-state index is 14.8. The summed E-state index contributed by atoms with van der Waals surface area (Å²) in [7, 11) is -1.85. The molecule has 5 aliphatic rings. The zero-order chi connectivity index (χ0) is 26.5. The number of halogens is 1. The minimum absolute atomic E-state index is 0.0517. The van der Waals surface area contributed by atoms with Crippen LogP contribution in [0.4, 0.5) is 4.39 Å². The van der Waals surface area contributed by atoms with Crippen molar-refractivity contribution in [2.75, 3.05) is 6.61 Å². The molecule has 0 aromatic carbocycles. The number of fused-ring (bicyclic) bond motifs is 8. The van der Waals surface area contributed by atoms with Gasteiger partial charge in [0.15, 0.2) is 14.1 Å². The molecule has 206 valence electrons. The van der Waals surface area contributed by atoms with Gasteiger partial charge in [-0.3, -0.25) is 0 Å². The Hall–Kier alpha value is -0.273. The lowest BCUT2D eigenvalue weighted by Gasteiger charge is -2.63. The van der Waals surface area contributed by atoms with Crippen molar-refractivity contribution in [1.82, 2.24) is 0 Å². The fraction of sp³-hybridized carbons (Fsp3) is 0.933. The first-order chi connectivity index (χ1) is 16.5. The Balaban J connectivity index is 1.48. The van der Waals surface area contributed by atoms with Gasteiger partial charge in [0.05, 0.1) is 18.8 Å². The van der Waals surface area contributed by atoms with Crippen LogP contribution >= 0.6 is 0 Å². The predicted octanol–water partition coefficient (Wildman–Crippen LogP) is 7.38. The standard InChI is InChI=1S/C30H51FO4Si/c1-27(2,3)36(8,9)35-18-12-14-30(7)21-13-15-29(6)19(23(31)17-32)10-11-20(29)24(21)26-25(22(30)16-18)33-28(4,5)34-26/h18,20-22,24-26,32H,10-17H2,1-9H3/b23-19+/t18-,20?,21?,22?,24?,25+,26+,29+,30+/m0/s1. The predicted molar refractivity (Wildman–Crippen MR) is 144 cm³/mol. The number of allylic oxidation sites excluding steroid dienone is 1. The van der Waals surface area contributed by atoms with Crippen LogP contribution in [0.3, 0.4) is 0 Å². The van der Waals surface area contributed by atoms with E-state index in [1.54, 1.807) is 0 Å². The van der Waals surface area contributed by atoms with Gasteiger partial charge in [0.2, 0.25) is 0 Å². The van der Waals surface area contributed by atoms with Gasteiger partial charge in [0.25, 0.3) is 0 Å². The van der Waals surface area contributed by atoms with E-state index in [9.17, 15) is 9.50 Å². The summed E-state index contributed by atoms with van der Waals surface area (Å²) in [5, 5.41) is 9.82. The van der Waals surface area contributed by atoms with Gasteiger partial charge in [-0.15, -0.1) is 0 Å². The van der Waals surface area contributed by atoms with Gasteiger partial charge >= 0.3 is 0 Å². The summed E-state index contributed by atoms with van der Waals surface area (Å²) < 4.78 is 35.4. The van der Waals surface area contributed by atoms with Gasteiger partial charge in [-0.25, -0.2) is 4.39 Å². The lowest BCUT2D eigenvalue weighted by molar-refractivity contribution is -0.181. The van der Waals surface area contributed by atoms with Crippen LogP contribution in [0.2, 0.25) is 18.1 Å². The van der Waals surface area contributed by atoms with Crippen molar-refractivity contribution in [3.05, 3.63) is 11.4 Å². The van der Waals surface area contributed by atoms with Gasteiger partial charge < -0.3 is 19.0 Å². The van der Waals surface area contributed by atoms with Crippen molar-refractivity contribution in [1.29, 1.82) is 0 Å². The average Bonchev–Trinajstić information content (AvgIpc) is 3.28. The summed E-state index contributed by atoms with van der Waals surface area (Å²) >= 11 is 0. The van der Waals surface area contributed by atoms with E-state index < -0.39 is 20.7 Å². The molecule has 1 aliphatic heterocycles. The van der Waals surface area contributed by atoms with Crippen molar-refractivity contribution in [3.8, 4) is 0 Å². The monoisotopic (exact) mass is 522 g/mol. The Morgan fingerprint density at radius 1 is 1.00 bits per heavy atom. The summed E-state index contributed by atoms with van der Waals surface area (Å²) in [4.78, 5) is 0. The average molecular weight is 523 g/mol. The van der Waals surface area contributed by atoms with Crippen LogP contribution in [-0.4, -0.2) is 44.1 Å². The van der Waals surface area contributed by atoms with Crippen LogP contribution in [0.1, 0.15) is 93.4 Å². The molecule has 4 saturated carbocycles. The Bertz CT molecular complexity index is 909. The van der Waals surface area contributed by atoms with E-state index >= 15 is 0 Å². The first-order valence-corrected chi connectivity index (χ1v) is 17.5. The molecule has 0 amide bonds. The highest BCUT2D eigenvalue weighted by Gasteiger charge is 2.68. The van der Waals surface area contributed by atoms with E-state index in [1.807, 2.05) is 0 Å². The number of aliphatic hydroxyl groups is 1. The molecule has 9 atom stereocenters. The molecular weight excluding hydrogens is 471 g/mol. The van der Waals surface area contributed by atoms with E-state index in [-0.39, 0.29) is 33.9 Å². The van der Waals surface area contributed by atoms with Gasteiger partial charge in [-0.2, -0.15) is 0 Å². The first kappa shape index (κ1) is 27.3. The van der Waals surface area contributed by atoms with Crippen molar-refractivity contribution in [2.45, 2.75) is 136 Å². The molecule has 1 saturated heterocycles. The molecule has 4 aliphatic carbocycles. The second-order valence-electron chi connectivity index (χ2n) is 15.3. The SMILES string of the molecule is CC1(C)O[C@@H]2C3C(CC[C@]4(C)/C(=C(/F)CO)CCC34)[C@@]3(C)CC[C@H](O[Si](C)(C)C(C)(C)C)CC3[C@H]2O1. The largest absolute Gasteiger partial charge is 0.414 e. The molecule has 6 heteroatoms. The van der Waals surface area contributed by atoms with Crippen LogP contribution in [0.5, 0.6) is 0 Å². The fourth-order valence-corrected chi connectivity index (χ4v) is 10.6. The first-order valence-electron chi connectivity index (χ1n) is 14.6. The van der Waals surface area contributed by atoms with Gasteiger partial charge in [-0.1, -0.05) is 34.6 Å². The Kier molecular flexibility index (Phi) is 6.53. The van der Waals surface area contributed by atoms with Gasteiger partial charge in [0, 0.05) is 6.10 Å². The number of rotatable bonds is 3. The molecule has 1 N–H and O–H groups in total. The molecule has 0 bridgehead atoms. The zero-order valence-electron chi connectivity index (χ0n) is 24.2. The highest BCUT2D eigenvalue weighted by atomic mass is 28.4. The Morgan fingerprint density at radius 2 is 1.67 bits per heavy atom. The molecule has 4 unspecified atom stereocenters. The topological polar surface area (TPSA) is 47.9 Å². The number of hydrogen-bond donors (Lipinski definition) is 1. The normalized spacial score (nSPS) is 47.6. The molecular formula is C30H51FO4Si. The van der Waals surface area contributed by atoms with Crippen molar-refractivity contribution in [2.24, 2.45) is 34.5 Å². The third kappa shape index (κ3) is 4.03. The zero-order valence-corrected chi connectivity index (χ0v) is 25.2. The van der Waals surface area contributed by atoms with Crippen LogP contribution in [0.15, 0.2) is 11.4 Å². The van der Waals surface area contributed by atoms with Crippen molar-refractivity contribution in [3.63, 3.8) is 0 Å². The molecule has 0 radical (unpaired) electrons. The minimum atomic E-state index is -1.85. The Labute approximate surface area is 219 Å². The third-order valence-electron chi connectivity index (χ3n) is 12.0. The number of ether oxygens (including phenoxy) is 2. The highest BCUT2D eigenvalue weighted by Crippen LogP contribution is 2.69. The van der Waals surface area contributed by atoms with E-state index in [2.05, 4.69) is 61.6 Å². The van der Waals surface area contributed by atoms with Crippen LogP contribution in [0, 0.1) is 34.5 Å². The Morgan fingerprint density at radius 3 is 2.31 bits per heavy atom. The summed E-state index contributed by atoms with van der Waals surface area (Å²) in [6.07, 6.45) is 7.63. The lowest BCUT2D eigenvalue weighted by atomic mass is 9.43. The van der Waals surface area contributed by atoms with E-state index in [1.165, 1.54) is 6.42 Å². The summed E-state index contributed by atoms with van der Waals surface area (Å²) in [5.74, 6) is 0.849. The second kappa shape index (κ2) is 8.61. The molecule has 0 aromatic heterocycles. The summed E-state index contributed by atoms with van der Waals surface area (Å²) in [5.41, 5.74) is 0.883. The molecule has 4 nitrogen and oxygen atoms in total. The second-order valence-corrected chi connectivity index (χ2v) is 20.0.